The Morgan fingerprint density at radius 2 is 1.80 bits per heavy atom. The predicted octanol–water partition coefficient (Wildman–Crippen LogP) is 2.19. The number of rotatable bonds is 4. The van der Waals surface area contributed by atoms with Gasteiger partial charge in [0.15, 0.2) is 0 Å². The third-order valence-corrected chi connectivity index (χ3v) is 0.906. The third kappa shape index (κ3) is 8.04. The van der Waals surface area contributed by atoms with Crippen LogP contribution in [0.5, 0.6) is 0 Å². The van der Waals surface area contributed by atoms with Crippen LogP contribution in [-0.4, -0.2) is 25.3 Å². The van der Waals surface area contributed by atoms with Crippen molar-refractivity contribution in [1.82, 2.24) is 0 Å². The maximum Gasteiger partial charge on any atom is 0.391 e. The normalized spacial score (nSPS) is 12.0. The lowest BCUT2D eigenvalue weighted by Gasteiger charge is -2.05. The summed E-state index contributed by atoms with van der Waals surface area (Å²) < 4.78 is 38.6. The molecule has 0 aromatic carbocycles. The second-order valence-corrected chi connectivity index (χ2v) is 2.04. The van der Waals surface area contributed by atoms with Crippen LogP contribution in [0.15, 0.2) is 0 Å². The predicted molar refractivity (Wildman–Crippen MR) is 32.2 cm³/mol. The van der Waals surface area contributed by atoms with Gasteiger partial charge >= 0.3 is 6.18 Å². The van der Waals surface area contributed by atoms with Crippen LogP contribution in [0.2, 0.25) is 0 Å². The molecule has 0 aliphatic carbocycles. The maximum atomic E-state index is 11.4. The first-order valence-electron chi connectivity index (χ1n) is 2.77. The summed E-state index contributed by atoms with van der Waals surface area (Å²) in [5, 5.41) is 0. The minimum atomic E-state index is -4.12. The van der Waals surface area contributed by atoms with E-state index in [-0.39, 0.29) is 19.1 Å². The molecular weight excluding hydrogens is 169 g/mol. The number of ether oxygens (including phenoxy) is 1. The van der Waals surface area contributed by atoms with Crippen LogP contribution in [0.1, 0.15) is 6.42 Å². The van der Waals surface area contributed by atoms with Crippen molar-refractivity contribution in [3.63, 3.8) is 0 Å². The molecule has 0 radical (unpaired) electrons. The van der Waals surface area contributed by atoms with Crippen LogP contribution in [-0.2, 0) is 4.74 Å². The van der Waals surface area contributed by atoms with Gasteiger partial charge in [-0.25, -0.2) is 0 Å². The lowest BCUT2D eigenvalue weighted by molar-refractivity contribution is -0.144. The Bertz CT molecular complexity index is 83.5. The highest BCUT2D eigenvalue weighted by Gasteiger charge is 2.26. The zero-order chi connectivity index (χ0) is 8.04. The van der Waals surface area contributed by atoms with E-state index in [1.807, 2.05) is 0 Å². The third-order valence-electron chi connectivity index (χ3n) is 0.751. The molecule has 0 rings (SSSR count). The number of hydrogen-bond donors (Lipinski definition) is 0. The molecule has 0 aromatic rings. The molecule has 0 atom stereocenters. The van der Waals surface area contributed by atoms with Crippen LogP contribution < -0.4 is 0 Å². The van der Waals surface area contributed by atoms with E-state index < -0.39 is 12.6 Å². The summed E-state index contributed by atoms with van der Waals surface area (Å²) in [5.74, 6) is 0.234. The molecule has 0 aromatic heterocycles. The van der Waals surface area contributed by atoms with Gasteiger partial charge in [-0.15, -0.1) is 11.6 Å². The molecule has 10 heavy (non-hydrogen) atoms. The molecule has 0 saturated heterocycles. The Morgan fingerprint density at radius 3 is 2.20 bits per heavy atom. The molecule has 0 heterocycles. The lowest BCUT2D eigenvalue weighted by Crippen LogP contribution is -2.12. The minimum absolute atomic E-state index is 0.178. The Hall–Kier alpha value is 0.0400. The SMILES string of the molecule is FC(F)(F)CCOCCCl. The highest BCUT2D eigenvalue weighted by Crippen LogP contribution is 2.18. The van der Waals surface area contributed by atoms with E-state index in [1.165, 1.54) is 0 Å². The van der Waals surface area contributed by atoms with Crippen molar-refractivity contribution in [2.24, 2.45) is 0 Å². The van der Waals surface area contributed by atoms with Crippen molar-refractivity contribution < 1.29 is 17.9 Å². The van der Waals surface area contributed by atoms with Gasteiger partial charge in [0.25, 0.3) is 0 Å². The van der Waals surface area contributed by atoms with Gasteiger partial charge in [-0.3, -0.25) is 0 Å². The average molecular weight is 177 g/mol. The summed E-state index contributed by atoms with van der Waals surface area (Å²) >= 11 is 5.15. The van der Waals surface area contributed by atoms with Crippen LogP contribution in [0.3, 0.4) is 0 Å². The number of hydrogen-bond acceptors (Lipinski definition) is 1. The molecule has 0 fully saturated rings. The number of halogens is 4. The van der Waals surface area contributed by atoms with E-state index in [0.29, 0.717) is 0 Å². The summed E-state index contributed by atoms with van der Waals surface area (Å²) in [4.78, 5) is 0. The highest BCUT2D eigenvalue weighted by molar-refractivity contribution is 6.17. The average Bonchev–Trinajstić information content (AvgIpc) is 1.78. The van der Waals surface area contributed by atoms with Gasteiger partial charge in [-0.05, 0) is 0 Å². The van der Waals surface area contributed by atoms with Crippen molar-refractivity contribution in [2.45, 2.75) is 12.6 Å². The minimum Gasteiger partial charge on any atom is -0.380 e. The molecule has 0 saturated carbocycles. The van der Waals surface area contributed by atoms with Crippen LogP contribution in [0, 0.1) is 0 Å². The molecule has 0 aliphatic rings. The van der Waals surface area contributed by atoms with Gasteiger partial charge in [0.1, 0.15) is 0 Å². The van der Waals surface area contributed by atoms with E-state index in [4.69, 9.17) is 11.6 Å². The van der Waals surface area contributed by atoms with Crippen molar-refractivity contribution in [3.05, 3.63) is 0 Å². The smallest absolute Gasteiger partial charge is 0.380 e. The van der Waals surface area contributed by atoms with Crippen LogP contribution in [0.4, 0.5) is 13.2 Å². The largest absolute Gasteiger partial charge is 0.391 e. The molecule has 0 spiro atoms. The molecule has 0 amide bonds. The van der Waals surface area contributed by atoms with Crippen molar-refractivity contribution in [3.8, 4) is 0 Å². The molecule has 5 heteroatoms. The van der Waals surface area contributed by atoms with Gasteiger partial charge in [-0.1, -0.05) is 0 Å². The van der Waals surface area contributed by atoms with E-state index in [2.05, 4.69) is 4.74 Å². The fraction of sp³-hybridized carbons (Fsp3) is 1.00. The standard InChI is InChI=1S/C5H8ClF3O/c6-2-4-10-3-1-5(7,8)9/h1-4H2. The second kappa shape index (κ2) is 4.79. The van der Waals surface area contributed by atoms with Crippen LogP contribution >= 0.6 is 11.6 Å². The van der Waals surface area contributed by atoms with E-state index in [1.54, 1.807) is 0 Å². The monoisotopic (exact) mass is 176 g/mol. The molecule has 1 nitrogen and oxygen atoms in total. The van der Waals surface area contributed by atoms with E-state index >= 15 is 0 Å². The van der Waals surface area contributed by atoms with Gasteiger partial charge in [-0.2, -0.15) is 13.2 Å². The summed E-state index contributed by atoms with van der Waals surface area (Å²) in [5.41, 5.74) is 0. The summed E-state index contributed by atoms with van der Waals surface area (Å²) in [6.45, 7) is -0.117. The fourth-order valence-electron chi connectivity index (χ4n) is 0.345. The van der Waals surface area contributed by atoms with Crippen LogP contribution in [0.25, 0.3) is 0 Å². The molecule has 0 N–H and O–H groups in total. The van der Waals surface area contributed by atoms with Crippen molar-refractivity contribution in [1.29, 1.82) is 0 Å². The second-order valence-electron chi connectivity index (χ2n) is 1.67. The lowest BCUT2D eigenvalue weighted by atomic mass is 10.4. The van der Waals surface area contributed by atoms with Gasteiger partial charge in [0, 0.05) is 5.88 Å². The summed E-state index contributed by atoms with van der Waals surface area (Å²) in [7, 11) is 0. The van der Waals surface area contributed by atoms with E-state index in [9.17, 15) is 13.2 Å². The summed E-state index contributed by atoms with van der Waals surface area (Å²) in [6.07, 6.45) is -5.02. The Labute approximate surface area is 62.1 Å². The highest BCUT2D eigenvalue weighted by atomic mass is 35.5. The topological polar surface area (TPSA) is 9.23 Å². The van der Waals surface area contributed by atoms with Crippen molar-refractivity contribution in [2.75, 3.05) is 19.1 Å². The van der Waals surface area contributed by atoms with Gasteiger partial charge < -0.3 is 4.74 Å². The number of alkyl halides is 4. The Balaban J connectivity index is 3.04. The van der Waals surface area contributed by atoms with Gasteiger partial charge in [0.05, 0.1) is 19.6 Å². The van der Waals surface area contributed by atoms with Gasteiger partial charge in [0.2, 0.25) is 0 Å². The first-order valence-corrected chi connectivity index (χ1v) is 3.30. The first-order chi connectivity index (χ1) is 4.56. The molecular formula is C5H8ClF3O. The quantitative estimate of drug-likeness (QED) is 0.471. The molecule has 0 unspecified atom stereocenters. The zero-order valence-electron chi connectivity index (χ0n) is 5.25. The maximum absolute atomic E-state index is 11.4. The Morgan fingerprint density at radius 1 is 1.20 bits per heavy atom. The molecule has 0 bridgehead atoms. The molecule has 62 valence electrons. The first kappa shape index (κ1) is 10.0. The fourth-order valence-corrected chi connectivity index (χ4v) is 0.454. The van der Waals surface area contributed by atoms with Crippen molar-refractivity contribution >= 4 is 11.6 Å². The Kier molecular flexibility index (Phi) is 4.81. The molecule has 0 aliphatic heterocycles. The van der Waals surface area contributed by atoms with E-state index in [0.717, 1.165) is 0 Å². The zero-order valence-corrected chi connectivity index (χ0v) is 6.00. The summed E-state index contributed by atoms with van der Waals surface area (Å²) in [6, 6.07) is 0.